The van der Waals surface area contributed by atoms with Crippen LogP contribution < -0.4 is 0 Å². The third-order valence-electron chi connectivity index (χ3n) is 0.655. The Hall–Kier alpha value is 0.659. The Bertz CT molecular complexity index is 55.2. The summed E-state index contributed by atoms with van der Waals surface area (Å²) in [5.74, 6) is 0. The summed E-state index contributed by atoms with van der Waals surface area (Å²) >= 11 is -2.70. The molecule has 0 spiro atoms. The van der Waals surface area contributed by atoms with E-state index in [0.29, 0.717) is 0 Å². The van der Waals surface area contributed by atoms with Crippen molar-refractivity contribution in [2.75, 3.05) is 0 Å². The molecule has 0 aromatic carbocycles. The van der Waals surface area contributed by atoms with Gasteiger partial charge in [0.15, 0.2) is 0 Å². The molecule has 0 aliphatic heterocycles. The molecular weight excluding hydrogens is 205 g/mol. The molecule has 0 atom stereocenters. The van der Waals surface area contributed by atoms with Gasteiger partial charge < -0.3 is 0 Å². The van der Waals surface area contributed by atoms with Crippen LogP contribution in [-0.2, 0) is 0 Å². The van der Waals surface area contributed by atoms with Crippen molar-refractivity contribution in [3.63, 3.8) is 0 Å². The summed E-state index contributed by atoms with van der Waals surface area (Å²) in [6, 6.07) is 0. The molecule has 0 saturated carbocycles. The molecule has 0 nitrogen and oxygen atoms in total. The SMILES string of the molecule is [CH3][Sn]([CH3])([CH3])[CH](F)F. The number of hydrogen-bond donors (Lipinski definition) is 0. The molecule has 7 heavy (non-hydrogen) atoms. The second-order valence-electron chi connectivity index (χ2n) is 2.67. The van der Waals surface area contributed by atoms with Crippen LogP contribution in [0.4, 0.5) is 8.78 Å². The zero-order valence-electron chi connectivity index (χ0n) is 4.83. The van der Waals surface area contributed by atoms with Gasteiger partial charge in [-0.1, -0.05) is 0 Å². The van der Waals surface area contributed by atoms with E-state index in [0.717, 1.165) is 0 Å². The van der Waals surface area contributed by atoms with E-state index in [4.69, 9.17) is 0 Å². The normalized spacial score (nSPS) is 12.9. The van der Waals surface area contributed by atoms with Gasteiger partial charge in [-0.15, -0.1) is 0 Å². The van der Waals surface area contributed by atoms with Gasteiger partial charge in [-0.05, 0) is 0 Å². The van der Waals surface area contributed by atoms with Gasteiger partial charge in [0, 0.05) is 0 Å². The van der Waals surface area contributed by atoms with Crippen LogP contribution in [-0.4, -0.2) is 22.8 Å². The van der Waals surface area contributed by atoms with E-state index in [-0.39, 0.29) is 0 Å². The van der Waals surface area contributed by atoms with Crippen LogP contribution in [0.5, 0.6) is 0 Å². The second kappa shape index (κ2) is 2.29. The maximum absolute atomic E-state index is 11.6. The topological polar surface area (TPSA) is 0 Å². The second-order valence-corrected chi connectivity index (χ2v) is 17.4. The van der Waals surface area contributed by atoms with Crippen molar-refractivity contribution in [1.82, 2.24) is 0 Å². The van der Waals surface area contributed by atoms with Gasteiger partial charge in [-0.25, -0.2) is 0 Å². The predicted molar refractivity (Wildman–Crippen MR) is 29.3 cm³/mol. The van der Waals surface area contributed by atoms with Gasteiger partial charge in [0.1, 0.15) is 0 Å². The fraction of sp³-hybridized carbons (Fsp3) is 1.00. The molecule has 0 aliphatic rings. The first-order chi connectivity index (χ1) is 2.94. The van der Waals surface area contributed by atoms with Crippen LogP contribution in [0.15, 0.2) is 0 Å². The van der Waals surface area contributed by atoms with Crippen molar-refractivity contribution in [3.05, 3.63) is 0 Å². The van der Waals surface area contributed by atoms with E-state index >= 15 is 0 Å². The molecule has 0 N–H and O–H groups in total. The molecule has 0 radical (unpaired) electrons. The Morgan fingerprint density at radius 3 is 1.29 bits per heavy atom. The minimum absolute atomic E-state index is 1.72. The van der Waals surface area contributed by atoms with Gasteiger partial charge in [0.05, 0.1) is 0 Å². The van der Waals surface area contributed by atoms with E-state index in [1.165, 1.54) is 0 Å². The summed E-state index contributed by atoms with van der Waals surface area (Å²) in [6.07, 6.45) is 0. The first-order valence-electron chi connectivity index (χ1n) is 2.23. The molecule has 0 unspecified atom stereocenters. The van der Waals surface area contributed by atoms with Crippen molar-refractivity contribution in [3.8, 4) is 0 Å². The van der Waals surface area contributed by atoms with Crippen LogP contribution >= 0.6 is 0 Å². The van der Waals surface area contributed by atoms with Gasteiger partial charge >= 0.3 is 46.4 Å². The van der Waals surface area contributed by atoms with Crippen LogP contribution in [0, 0.1) is 0 Å². The van der Waals surface area contributed by atoms with E-state index in [1.807, 2.05) is 0 Å². The fourth-order valence-corrected chi connectivity index (χ4v) is 0. The Kier molecular flexibility index (Phi) is 2.50. The van der Waals surface area contributed by atoms with E-state index in [9.17, 15) is 8.78 Å². The van der Waals surface area contributed by atoms with Gasteiger partial charge in [0.25, 0.3) is 0 Å². The minimum atomic E-state index is -2.70. The third kappa shape index (κ3) is 3.26. The molecule has 0 fully saturated rings. The zero-order chi connectivity index (χ0) is 6.08. The summed E-state index contributed by atoms with van der Waals surface area (Å²) in [4.78, 5) is 5.16. The Labute approximate surface area is 46.8 Å². The van der Waals surface area contributed by atoms with E-state index in [1.54, 1.807) is 14.8 Å². The summed E-state index contributed by atoms with van der Waals surface area (Å²) in [6.45, 7) is 0. The van der Waals surface area contributed by atoms with Gasteiger partial charge in [-0.3, -0.25) is 0 Å². The van der Waals surface area contributed by atoms with Crippen LogP contribution in [0.1, 0.15) is 0 Å². The molecule has 3 heteroatoms. The standard InChI is InChI=1S/CHF2.3CH3.Sn/c2-1-3;;;;/h1H;3*1H3;. The Morgan fingerprint density at radius 1 is 1.14 bits per heavy atom. The Morgan fingerprint density at radius 2 is 1.29 bits per heavy atom. The van der Waals surface area contributed by atoms with Gasteiger partial charge in [0.2, 0.25) is 0 Å². The average Bonchev–Trinajstić information content (AvgIpc) is 1.31. The van der Waals surface area contributed by atoms with Crippen molar-refractivity contribution < 1.29 is 8.78 Å². The van der Waals surface area contributed by atoms with Crippen molar-refractivity contribution in [2.45, 2.75) is 19.3 Å². The first-order valence-corrected chi connectivity index (χ1v) is 12.4. The summed E-state index contributed by atoms with van der Waals surface area (Å²) in [5, 5.41) is 0. The fourth-order valence-electron chi connectivity index (χ4n) is 0. The molecular formula is C4H10F2Sn. The molecule has 0 aliphatic carbocycles. The number of hydrogen-bond acceptors (Lipinski definition) is 0. The maximum atomic E-state index is 11.6. The molecule has 0 amide bonds. The quantitative estimate of drug-likeness (QED) is 0.587. The molecule has 0 heterocycles. The number of rotatable bonds is 1. The summed E-state index contributed by atoms with van der Waals surface area (Å²) < 4.78 is 21.3. The molecule has 0 aromatic rings. The molecule has 0 bridgehead atoms. The molecule has 0 rings (SSSR count). The average molecular weight is 215 g/mol. The zero-order valence-corrected chi connectivity index (χ0v) is 7.69. The van der Waals surface area contributed by atoms with E-state index in [2.05, 4.69) is 0 Å². The van der Waals surface area contributed by atoms with Crippen molar-refractivity contribution >= 4 is 18.4 Å². The molecule has 0 saturated heterocycles. The van der Waals surface area contributed by atoms with Gasteiger partial charge in [-0.2, -0.15) is 0 Å². The molecule has 0 aromatic heterocycles. The van der Waals surface area contributed by atoms with Crippen LogP contribution in [0.3, 0.4) is 0 Å². The third-order valence-corrected chi connectivity index (χ3v) is 4.39. The summed E-state index contributed by atoms with van der Waals surface area (Å²) in [5.41, 5.74) is 0. The van der Waals surface area contributed by atoms with Crippen molar-refractivity contribution in [2.24, 2.45) is 0 Å². The van der Waals surface area contributed by atoms with Crippen molar-refractivity contribution in [1.29, 1.82) is 0 Å². The molecule has 44 valence electrons. The predicted octanol–water partition coefficient (Wildman–Crippen LogP) is 2.13. The van der Waals surface area contributed by atoms with Crippen LogP contribution in [0.2, 0.25) is 14.8 Å². The Balaban J connectivity index is 3.54. The van der Waals surface area contributed by atoms with Crippen LogP contribution in [0.25, 0.3) is 0 Å². The monoisotopic (exact) mass is 216 g/mol. The first kappa shape index (κ1) is 7.66. The van der Waals surface area contributed by atoms with E-state index < -0.39 is 22.8 Å². The summed E-state index contributed by atoms with van der Waals surface area (Å²) in [7, 11) is 0. The number of alkyl halides is 2. The number of halogens is 2.